The fourth-order valence-electron chi connectivity index (χ4n) is 3.62. The quantitative estimate of drug-likeness (QED) is 0.814. The van der Waals surface area contributed by atoms with Crippen LogP contribution in [0, 0.1) is 17.8 Å². The van der Waals surface area contributed by atoms with Gasteiger partial charge in [0.1, 0.15) is 0 Å². The summed E-state index contributed by atoms with van der Waals surface area (Å²) in [6.07, 6.45) is 8.59. The zero-order valence-electron chi connectivity index (χ0n) is 14.5. The molecule has 1 N–H and O–H groups in total. The molecule has 2 saturated heterocycles. The third kappa shape index (κ3) is 6.58. The van der Waals surface area contributed by atoms with Crippen LogP contribution in [-0.4, -0.2) is 37.6 Å². The van der Waals surface area contributed by atoms with Crippen LogP contribution in [0.25, 0.3) is 0 Å². The van der Waals surface area contributed by atoms with Crippen molar-refractivity contribution in [3.05, 3.63) is 0 Å². The van der Waals surface area contributed by atoms with Crippen molar-refractivity contribution in [3.8, 4) is 0 Å². The molecule has 0 spiro atoms. The predicted octanol–water partition coefficient (Wildman–Crippen LogP) is 4.16. The molecular weight excluding hydrogens is 244 g/mol. The molecule has 0 aromatic rings. The highest BCUT2D eigenvalue weighted by molar-refractivity contribution is 4.75. The zero-order chi connectivity index (χ0) is 14.8. The lowest BCUT2D eigenvalue weighted by atomic mass is 9.86. The minimum atomic E-state index is 0.891. The van der Waals surface area contributed by atoms with E-state index in [9.17, 15) is 0 Å². The number of rotatable bonds is 5. The van der Waals surface area contributed by atoms with Crippen LogP contribution in [0.3, 0.4) is 0 Å². The Bertz CT molecular complexity index is 213. The van der Waals surface area contributed by atoms with Crippen molar-refractivity contribution in [1.29, 1.82) is 0 Å². The Hall–Kier alpha value is -0.0800. The molecule has 0 saturated carbocycles. The van der Waals surface area contributed by atoms with Crippen molar-refractivity contribution in [3.63, 3.8) is 0 Å². The maximum Gasteiger partial charge on any atom is -0.00160 e. The standard InChI is InChI=1S/C16H32N2.C2H6/c1-14(2)16-7-12-18(13-8-16)11-3-4-15-5-9-17-10-6-15;1-2/h14-17H,3-13H2,1-2H3;1-2H3. The number of nitrogens with zero attached hydrogens (tertiary/aromatic N) is 1. The van der Waals surface area contributed by atoms with E-state index >= 15 is 0 Å². The number of hydrogen-bond donors (Lipinski definition) is 1. The zero-order valence-corrected chi connectivity index (χ0v) is 14.5. The second-order valence-electron chi connectivity index (χ2n) is 6.76. The van der Waals surface area contributed by atoms with Crippen LogP contribution in [0.1, 0.15) is 66.2 Å². The average Bonchev–Trinajstić information content (AvgIpc) is 2.51. The van der Waals surface area contributed by atoms with Crippen molar-refractivity contribution < 1.29 is 0 Å². The van der Waals surface area contributed by atoms with E-state index in [2.05, 4.69) is 24.1 Å². The van der Waals surface area contributed by atoms with Gasteiger partial charge >= 0.3 is 0 Å². The Morgan fingerprint density at radius 2 is 1.60 bits per heavy atom. The van der Waals surface area contributed by atoms with Crippen molar-refractivity contribution in [2.45, 2.75) is 66.2 Å². The van der Waals surface area contributed by atoms with Gasteiger partial charge in [-0.1, -0.05) is 27.7 Å². The second-order valence-corrected chi connectivity index (χ2v) is 6.76. The maximum absolute atomic E-state index is 3.46. The summed E-state index contributed by atoms with van der Waals surface area (Å²) in [7, 11) is 0. The summed E-state index contributed by atoms with van der Waals surface area (Å²) >= 11 is 0. The van der Waals surface area contributed by atoms with E-state index in [0.717, 1.165) is 17.8 Å². The van der Waals surface area contributed by atoms with Gasteiger partial charge in [-0.05, 0) is 89.0 Å². The largest absolute Gasteiger partial charge is 0.317 e. The van der Waals surface area contributed by atoms with Gasteiger partial charge in [-0.3, -0.25) is 0 Å². The lowest BCUT2D eigenvalue weighted by Gasteiger charge is -2.34. The first-order valence-corrected chi connectivity index (χ1v) is 9.19. The SMILES string of the molecule is CC.CC(C)C1CCN(CCCC2CCNCC2)CC1. The molecule has 2 fully saturated rings. The minimum Gasteiger partial charge on any atom is -0.317 e. The van der Waals surface area contributed by atoms with Crippen LogP contribution < -0.4 is 5.32 Å². The molecule has 0 aromatic carbocycles. The van der Waals surface area contributed by atoms with Gasteiger partial charge in [0.2, 0.25) is 0 Å². The van der Waals surface area contributed by atoms with Crippen LogP contribution in [0.2, 0.25) is 0 Å². The molecule has 0 radical (unpaired) electrons. The third-order valence-electron chi connectivity index (χ3n) is 5.12. The van der Waals surface area contributed by atoms with Gasteiger partial charge in [-0.25, -0.2) is 0 Å². The normalized spacial score (nSPS) is 22.6. The first kappa shape index (κ1) is 18.0. The van der Waals surface area contributed by atoms with E-state index in [1.165, 1.54) is 71.2 Å². The second kappa shape index (κ2) is 10.6. The molecule has 2 nitrogen and oxygen atoms in total. The van der Waals surface area contributed by atoms with E-state index in [0.29, 0.717) is 0 Å². The first-order chi connectivity index (χ1) is 9.75. The van der Waals surface area contributed by atoms with E-state index in [-0.39, 0.29) is 0 Å². The van der Waals surface area contributed by atoms with Crippen molar-refractivity contribution in [1.82, 2.24) is 10.2 Å². The number of nitrogens with one attached hydrogen (secondary N) is 1. The van der Waals surface area contributed by atoms with Gasteiger partial charge < -0.3 is 10.2 Å². The fraction of sp³-hybridized carbons (Fsp3) is 1.00. The molecule has 2 aliphatic heterocycles. The molecule has 2 rings (SSSR count). The molecule has 0 bridgehead atoms. The molecule has 2 aliphatic rings. The third-order valence-corrected chi connectivity index (χ3v) is 5.12. The molecule has 20 heavy (non-hydrogen) atoms. The molecule has 0 aliphatic carbocycles. The van der Waals surface area contributed by atoms with Crippen LogP contribution in [0.5, 0.6) is 0 Å². The molecule has 2 heteroatoms. The summed E-state index contributed by atoms with van der Waals surface area (Å²) in [5.74, 6) is 2.90. The Morgan fingerprint density at radius 1 is 1.00 bits per heavy atom. The monoisotopic (exact) mass is 282 g/mol. The maximum atomic E-state index is 3.46. The summed E-state index contributed by atoms with van der Waals surface area (Å²) in [6.45, 7) is 15.3. The summed E-state index contributed by atoms with van der Waals surface area (Å²) in [5, 5.41) is 3.46. The molecular formula is C18H38N2. The Kier molecular flexibility index (Phi) is 9.54. The van der Waals surface area contributed by atoms with E-state index in [4.69, 9.17) is 0 Å². The topological polar surface area (TPSA) is 15.3 Å². The van der Waals surface area contributed by atoms with E-state index in [1.54, 1.807) is 0 Å². The van der Waals surface area contributed by atoms with Gasteiger partial charge in [-0.15, -0.1) is 0 Å². The first-order valence-electron chi connectivity index (χ1n) is 9.19. The Labute approximate surface area is 127 Å². The van der Waals surface area contributed by atoms with Gasteiger partial charge in [0, 0.05) is 0 Å². The smallest absolute Gasteiger partial charge is 0.00160 e. The number of likely N-dealkylation sites (tertiary alicyclic amines) is 1. The van der Waals surface area contributed by atoms with Gasteiger partial charge in [0.15, 0.2) is 0 Å². The predicted molar refractivity (Wildman–Crippen MR) is 90.2 cm³/mol. The Morgan fingerprint density at radius 3 is 2.15 bits per heavy atom. The average molecular weight is 283 g/mol. The molecule has 0 aromatic heterocycles. The Balaban J connectivity index is 0.000000956. The lowest BCUT2D eigenvalue weighted by molar-refractivity contribution is 0.152. The number of hydrogen-bond acceptors (Lipinski definition) is 2. The summed E-state index contributed by atoms with van der Waals surface area (Å²) in [6, 6.07) is 0. The molecule has 2 heterocycles. The molecule has 0 amide bonds. The summed E-state index contributed by atoms with van der Waals surface area (Å²) in [4.78, 5) is 2.71. The highest BCUT2D eigenvalue weighted by Gasteiger charge is 2.21. The van der Waals surface area contributed by atoms with Gasteiger partial charge in [0.25, 0.3) is 0 Å². The fourth-order valence-corrected chi connectivity index (χ4v) is 3.62. The summed E-state index contributed by atoms with van der Waals surface area (Å²) < 4.78 is 0. The van der Waals surface area contributed by atoms with Crippen molar-refractivity contribution in [2.24, 2.45) is 17.8 Å². The van der Waals surface area contributed by atoms with E-state index < -0.39 is 0 Å². The van der Waals surface area contributed by atoms with Crippen LogP contribution in [0.15, 0.2) is 0 Å². The molecule has 0 unspecified atom stereocenters. The van der Waals surface area contributed by atoms with E-state index in [1.807, 2.05) is 13.8 Å². The van der Waals surface area contributed by atoms with Gasteiger partial charge in [-0.2, -0.15) is 0 Å². The highest BCUT2D eigenvalue weighted by atomic mass is 15.1. The van der Waals surface area contributed by atoms with Crippen molar-refractivity contribution >= 4 is 0 Å². The molecule has 0 atom stereocenters. The summed E-state index contributed by atoms with van der Waals surface area (Å²) in [5.41, 5.74) is 0. The van der Waals surface area contributed by atoms with Crippen LogP contribution in [0.4, 0.5) is 0 Å². The lowest BCUT2D eigenvalue weighted by Crippen LogP contribution is -2.36. The van der Waals surface area contributed by atoms with Crippen LogP contribution >= 0.6 is 0 Å². The number of piperidine rings is 2. The van der Waals surface area contributed by atoms with Crippen LogP contribution in [-0.2, 0) is 0 Å². The van der Waals surface area contributed by atoms with Gasteiger partial charge in [0.05, 0.1) is 0 Å². The van der Waals surface area contributed by atoms with Crippen molar-refractivity contribution in [2.75, 3.05) is 32.7 Å². The molecule has 120 valence electrons. The highest BCUT2D eigenvalue weighted by Crippen LogP contribution is 2.25. The minimum absolute atomic E-state index is 0.891.